The Bertz CT molecular complexity index is 211. The first-order valence-electron chi connectivity index (χ1n) is 4.60. The molecular formula is C9H17N3S. The van der Waals surface area contributed by atoms with Crippen molar-refractivity contribution in [3.8, 4) is 0 Å². The Hall–Kier alpha value is -0.450. The molecule has 0 aliphatic heterocycles. The van der Waals surface area contributed by atoms with Gasteiger partial charge in [0.1, 0.15) is 5.01 Å². The van der Waals surface area contributed by atoms with E-state index >= 15 is 0 Å². The number of rotatable bonds is 6. The molecule has 74 valence electrons. The molecule has 1 aromatic heterocycles. The molecule has 0 unspecified atom stereocenters. The number of thiazole rings is 1. The number of hydrogen-bond donors (Lipinski definition) is 1. The van der Waals surface area contributed by atoms with E-state index < -0.39 is 0 Å². The van der Waals surface area contributed by atoms with E-state index in [4.69, 9.17) is 0 Å². The Kier molecular flexibility index (Phi) is 4.97. The zero-order valence-corrected chi connectivity index (χ0v) is 9.10. The van der Waals surface area contributed by atoms with Gasteiger partial charge in [0, 0.05) is 24.7 Å². The van der Waals surface area contributed by atoms with Gasteiger partial charge < -0.3 is 5.32 Å². The molecule has 0 aromatic carbocycles. The predicted octanol–water partition coefficient (Wildman–Crippen LogP) is 1.18. The van der Waals surface area contributed by atoms with Gasteiger partial charge in [-0.2, -0.15) is 0 Å². The second-order valence-corrected chi connectivity index (χ2v) is 4.00. The SMILES string of the molecule is CCNCCN(C)Cc1nccs1. The number of hydrogen-bond acceptors (Lipinski definition) is 4. The molecule has 0 spiro atoms. The zero-order chi connectivity index (χ0) is 9.52. The van der Waals surface area contributed by atoms with Crippen LogP contribution in [0.25, 0.3) is 0 Å². The van der Waals surface area contributed by atoms with Gasteiger partial charge in [-0.05, 0) is 13.6 Å². The van der Waals surface area contributed by atoms with Crippen molar-refractivity contribution >= 4 is 11.3 Å². The minimum absolute atomic E-state index is 0.961. The van der Waals surface area contributed by atoms with Crippen LogP contribution >= 0.6 is 11.3 Å². The monoisotopic (exact) mass is 199 g/mol. The minimum atomic E-state index is 0.961. The molecule has 0 saturated heterocycles. The average molecular weight is 199 g/mol. The highest BCUT2D eigenvalue weighted by Crippen LogP contribution is 2.05. The maximum absolute atomic E-state index is 4.24. The lowest BCUT2D eigenvalue weighted by molar-refractivity contribution is 0.325. The van der Waals surface area contributed by atoms with Crippen molar-refractivity contribution in [1.82, 2.24) is 15.2 Å². The van der Waals surface area contributed by atoms with Crippen molar-refractivity contribution in [1.29, 1.82) is 0 Å². The molecule has 0 fully saturated rings. The van der Waals surface area contributed by atoms with E-state index in [0.29, 0.717) is 0 Å². The third-order valence-electron chi connectivity index (χ3n) is 1.81. The summed E-state index contributed by atoms with van der Waals surface area (Å²) >= 11 is 1.72. The molecule has 0 saturated carbocycles. The summed E-state index contributed by atoms with van der Waals surface area (Å²) in [6.07, 6.45) is 1.86. The van der Waals surface area contributed by atoms with Crippen LogP contribution in [0.5, 0.6) is 0 Å². The smallest absolute Gasteiger partial charge is 0.107 e. The molecule has 3 nitrogen and oxygen atoms in total. The van der Waals surface area contributed by atoms with Crippen molar-refractivity contribution in [3.05, 3.63) is 16.6 Å². The van der Waals surface area contributed by atoms with Crippen LogP contribution in [0.15, 0.2) is 11.6 Å². The number of likely N-dealkylation sites (N-methyl/N-ethyl adjacent to an activating group) is 2. The Morgan fingerprint density at radius 3 is 3.08 bits per heavy atom. The summed E-state index contributed by atoms with van der Waals surface area (Å²) in [6, 6.07) is 0. The molecule has 0 radical (unpaired) electrons. The molecule has 4 heteroatoms. The third kappa shape index (κ3) is 4.36. The van der Waals surface area contributed by atoms with Gasteiger partial charge in [0.2, 0.25) is 0 Å². The zero-order valence-electron chi connectivity index (χ0n) is 8.29. The highest BCUT2D eigenvalue weighted by atomic mass is 32.1. The molecule has 1 aromatic rings. The fourth-order valence-electron chi connectivity index (χ4n) is 1.09. The average Bonchev–Trinajstić information content (AvgIpc) is 2.57. The Morgan fingerprint density at radius 1 is 1.62 bits per heavy atom. The summed E-state index contributed by atoms with van der Waals surface area (Å²) in [6.45, 7) is 6.26. The van der Waals surface area contributed by atoms with Gasteiger partial charge >= 0.3 is 0 Å². The van der Waals surface area contributed by atoms with Crippen LogP contribution in [-0.2, 0) is 6.54 Å². The van der Waals surface area contributed by atoms with Gasteiger partial charge in [-0.1, -0.05) is 6.92 Å². The quantitative estimate of drug-likeness (QED) is 0.697. The van der Waals surface area contributed by atoms with E-state index in [1.807, 2.05) is 11.6 Å². The lowest BCUT2D eigenvalue weighted by atomic mass is 10.5. The van der Waals surface area contributed by atoms with Gasteiger partial charge in [0.25, 0.3) is 0 Å². The van der Waals surface area contributed by atoms with Crippen LogP contribution in [0.4, 0.5) is 0 Å². The van der Waals surface area contributed by atoms with Crippen LogP contribution in [-0.4, -0.2) is 36.6 Å². The summed E-state index contributed by atoms with van der Waals surface area (Å²) in [5, 5.41) is 6.51. The van der Waals surface area contributed by atoms with Crippen LogP contribution < -0.4 is 5.32 Å². The minimum Gasteiger partial charge on any atom is -0.316 e. The van der Waals surface area contributed by atoms with Gasteiger partial charge in [0.15, 0.2) is 0 Å². The maximum atomic E-state index is 4.24. The van der Waals surface area contributed by atoms with E-state index in [0.717, 1.165) is 26.2 Å². The molecule has 0 atom stereocenters. The van der Waals surface area contributed by atoms with Crippen molar-refractivity contribution in [3.63, 3.8) is 0 Å². The fourth-order valence-corrected chi connectivity index (χ4v) is 1.78. The maximum Gasteiger partial charge on any atom is 0.107 e. The van der Waals surface area contributed by atoms with E-state index in [1.165, 1.54) is 5.01 Å². The predicted molar refractivity (Wildman–Crippen MR) is 57.0 cm³/mol. The molecule has 0 aliphatic carbocycles. The molecular weight excluding hydrogens is 182 g/mol. The van der Waals surface area contributed by atoms with Gasteiger partial charge in [0.05, 0.1) is 6.54 Å². The van der Waals surface area contributed by atoms with Crippen molar-refractivity contribution in [2.24, 2.45) is 0 Å². The normalized spacial score (nSPS) is 11.0. The first-order valence-corrected chi connectivity index (χ1v) is 5.48. The number of aromatic nitrogens is 1. The van der Waals surface area contributed by atoms with Crippen molar-refractivity contribution < 1.29 is 0 Å². The Morgan fingerprint density at radius 2 is 2.46 bits per heavy atom. The highest BCUT2D eigenvalue weighted by Gasteiger charge is 2.00. The number of nitrogens with one attached hydrogen (secondary N) is 1. The molecule has 1 N–H and O–H groups in total. The Labute approximate surface area is 83.8 Å². The van der Waals surface area contributed by atoms with Crippen molar-refractivity contribution in [2.45, 2.75) is 13.5 Å². The molecule has 0 aliphatic rings. The summed E-state index contributed by atoms with van der Waals surface area (Å²) in [5.41, 5.74) is 0. The summed E-state index contributed by atoms with van der Waals surface area (Å²) in [5.74, 6) is 0. The first kappa shape index (κ1) is 10.6. The highest BCUT2D eigenvalue weighted by molar-refractivity contribution is 7.09. The molecule has 0 bridgehead atoms. The summed E-state index contributed by atoms with van der Waals surface area (Å²) in [4.78, 5) is 6.52. The second-order valence-electron chi connectivity index (χ2n) is 3.02. The van der Waals surface area contributed by atoms with E-state index in [1.54, 1.807) is 11.3 Å². The van der Waals surface area contributed by atoms with E-state index in [-0.39, 0.29) is 0 Å². The topological polar surface area (TPSA) is 28.2 Å². The van der Waals surface area contributed by atoms with Crippen LogP contribution in [0, 0.1) is 0 Å². The molecule has 13 heavy (non-hydrogen) atoms. The molecule has 0 amide bonds. The van der Waals surface area contributed by atoms with Crippen LogP contribution in [0.1, 0.15) is 11.9 Å². The second kappa shape index (κ2) is 6.07. The molecule has 1 heterocycles. The summed E-state index contributed by atoms with van der Waals surface area (Å²) in [7, 11) is 2.12. The number of nitrogens with zero attached hydrogens (tertiary/aromatic N) is 2. The fraction of sp³-hybridized carbons (Fsp3) is 0.667. The van der Waals surface area contributed by atoms with E-state index in [9.17, 15) is 0 Å². The van der Waals surface area contributed by atoms with Crippen LogP contribution in [0.2, 0.25) is 0 Å². The largest absolute Gasteiger partial charge is 0.316 e. The lowest BCUT2D eigenvalue weighted by Gasteiger charge is -2.14. The Balaban J connectivity index is 2.14. The first-order chi connectivity index (χ1) is 6.33. The van der Waals surface area contributed by atoms with E-state index in [2.05, 4.69) is 29.2 Å². The van der Waals surface area contributed by atoms with Gasteiger partial charge in [-0.3, -0.25) is 4.90 Å². The third-order valence-corrected chi connectivity index (χ3v) is 2.57. The molecule has 1 rings (SSSR count). The van der Waals surface area contributed by atoms with Crippen LogP contribution in [0.3, 0.4) is 0 Å². The van der Waals surface area contributed by atoms with Gasteiger partial charge in [-0.25, -0.2) is 4.98 Å². The van der Waals surface area contributed by atoms with Crippen molar-refractivity contribution in [2.75, 3.05) is 26.7 Å². The summed E-state index contributed by atoms with van der Waals surface area (Å²) < 4.78 is 0. The van der Waals surface area contributed by atoms with Gasteiger partial charge in [-0.15, -0.1) is 11.3 Å². The lowest BCUT2D eigenvalue weighted by Crippen LogP contribution is -2.28. The standard InChI is InChI=1S/C9H17N3S/c1-3-10-4-6-12(2)8-9-11-5-7-13-9/h5,7,10H,3-4,6,8H2,1-2H3.